The first kappa shape index (κ1) is 17.1. The average Bonchev–Trinajstić information content (AvgIpc) is 3.02. The summed E-state index contributed by atoms with van der Waals surface area (Å²) >= 11 is 0. The summed E-state index contributed by atoms with van der Waals surface area (Å²) in [6.45, 7) is 2.20. The Morgan fingerprint density at radius 1 is 1.32 bits per heavy atom. The van der Waals surface area contributed by atoms with Crippen LogP contribution in [0.5, 0.6) is 0 Å². The van der Waals surface area contributed by atoms with Gasteiger partial charge in [0.15, 0.2) is 0 Å². The molecule has 3 heterocycles. The number of likely N-dealkylation sites (tertiary alicyclic amines) is 1. The molecule has 0 unspecified atom stereocenters. The Hall–Kier alpha value is -2.71. The number of hydrogen-bond donors (Lipinski definition) is 1. The number of carbonyl (C=O) groups excluding carboxylic acids is 1. The summed E-state index contributed by atoms with van der Waals surface area (Å²) in [7, 11) is 0. The van der Waals surface area contributed by atoms with Gasteiger partial charge in [-0.15, -0.1) is 0 Å². The van der Waals surface area contributed by atoms with Gasteiger partial charge in [-0.05, 0) is 37.5 Å². The van der Waals surface area contributed by atoms with E-state index in [-0.39, 0.29) is 23.6 Å². The number of pyridine rings is 1. The number of nitrogens with two attached hydrogens (primary N) is 1. The zero-order valence-corrected chi connectivity index (χ0v) is 13.4. The van der Waals surface area contributed by atoms with Gasteiger partial charge in [-0.3, -0.25) is 9.78 Å². The number of aryl methyl sites for hydroxylation is 1. The minimum atomic E-state index is -4.49. The summed E-state index contributed by atoms with van der Waals surface area (Å²) in [4.78, 5) is 25.7. The molecule has 1 saturated heterocycles. The molecule has 0 bridgehead atoms. The van der Waals surface area contributed by atoms with Crippen LogP contribution in [0.4, 0.5) is 19.1 Å². The lowest BCUT2D eigenvalue weighted by atomic mass is 10.1. The van der Waals surface area contributed by atoms with Crippen LogP contribution in [0.2, 0.25) is 0 Å². The van der Waals surface area contributed by atoms with Crippen molar-refractivity contribution in [1.29, 1.82) is 0 Å². The van der Waals surface area contributed by atoms with E-state index in [9.17, 15) is 18.0 Å². The zero-order valence-electron chi connectivity index (χ0n) is 13.4. The van der Waals surface area contributed by atoms with Gasteiger partial charge < -0.3 is 10.6 Å². The Labute approximate surface area is 141 Å². The molecule has 0 aromatic carbocycles. The lowest BCUT2D eigenvalue weighted by Gasteiger charge is -2.25. The van der Waals surface area contributed by atoms with Crippen molar-refractivity contribution < 1.29 is 18.0 Å². The van der Waals surface area contributed by atoms with E-state index in [1.807, 2.05) is 0 Å². The second-order valence-electron chi connectivity index (χ2n) is 5.88. The molecular weight excluding hydrogens is 335 g/mol. The van der Waals surface area contributed by atoms with Crippen LogP contribution in [0.3, 0.4) is 0 Å². The molecule has 2 aromatic heterocycles. The molecule has 3 rings (SSSR count). The lowest BCUT2D eigenvalue weighted by molar-refractivity contribution is -0.141. The molecule has 0 spiro atoms. The van der Waals surface area contributed by atoms with Crippen molar-refractivity contribution in [2.24, 2.45) is 0 Å². The number of amides is 1. The molecule has 0 radical (unpaired) electrons. The van der Waals surface area contributed by atoms with E-state index >= 15 is 0 Å². The summed E-state index contributed by atoms with van der Waals surface area (Å²) in [5.74, 6) is -0.310. The Kier molecular flexibility index (Phi) is 4.32. The molecule has 2 aromatic rings. The van der Waals surface area contributed by atoms with Crippen molar-refractivity contribution >= 4 is 11.9 Å². The molecule has 6 nitrogen and oxygen atoms in total. The first-order chi connectivity index (χ1) is 11.8. The van der Waals surface area contributed by atoms with Gasteiger partial charge in [-0.2, -0.15) is 13.2 Å². The third-order valence-electron chi connectivity index (χ3n) is 4.07. The minimum Gasteiger partial charge on any atom is -0.368 e. The van der Waals surface area contributed by atoms with Crippen molar-refractivity contribution in [1.82, 2.24) is 19.9 Å². The third kappa shape index (κ3) is 3.54. The molecule has 1 fully saturated rings. The first-order valence-corrected chi connectivity index (χ1v) is 7.71. The Balaban J connectivity index is 1.86. The number of anilines is 1. The maximum Gasteiger partial charge on any atom is 0.433 e. The zero-order chi connectivity index (χ0) is 18.2. The normalized spacial score (nSPS) is 17.8. The Morgan fingerprint density at radius 2 is 2.08 bits per heavy atom. The molecule has 2 N–H and O–H groups in total. The highest BCUT2D eigenvalue weighted by atomic mass is 19.4. The van der Waals surface area contributed by atoms with E-state index in [0.29, 0.717) is 24.2 Å². The van der Waals surface area contributed by atoms with Gasteiger partial charge in [0, 0.05) is 18.4 Å². The number of hydrogen-bond acceptors (Lipinski definition) is 5. The van der Waals surface area contributed by atoms with Crippen molar-refractivity contribution in [2.45, 2.75) is 32.0 Å². The SMILES string of the molecule is Cc1cc(C(=O)N2CCC[C@@H]2c2ccc(C(F)(F)F)nc2)nc(N)n1. The number of carbonyl (C=O) groups is 1. The maximum atomic E-state index is 12.7. The van der Waals surface area contributed by atoms with Gasteiger partial charge >= 0.3 is 6.18 Å². The molecule has 132 valence electrons. The number of aromatic nitrogens is 3. The highest BCUT2D eigenvalue weighted by Crippen LogP contribution is 2.34. The van der Waals surface area contributed by atoms with Crippen molar-refractivity contribution in [3.05, 3.63) is 47.0 Å². The van der Waals surface area contributed by atoms with E-state index in [4.69, 9.17) is 5.73 Å². The van der Waals surface area contributed by atoms with E-state index in [1.54, 1.807) is 17.9 Å². The molecule has 1 atom stereocenters. The number of halogens is 3. The predicted octanol–water partition coefficient (Wildman–Crippen LogP) is 2.76. The van der Waals surface area contributed by atoms with E-state index in [0.717, 1.165) is 12.5 Å². The van der Waals surface area contributed by atoms with Crippen LogP contribution in [0.15, 0.2) is 24.4 Å². The topological polar surface area (TPSA) is 85.0 Å². The van der Waals surface area contributed by atoms with Gasteiger partial charge in [0.05, 0.1) is 6.04 Å². The second-order valence-corrected chi connectivity index (χ2v) is 5.88. The number of nitrogens with zero attached hydrogens (tertiary/aromatic N) is 4. The Bertz CT molecular complexity index is 771. The van der Waals surface area contributed by atoms with Crippen LogP contribution in [0.1, 0.15) is 46.3 Å². The first-order valence-electron chi connectivity index (χ1n) is 7.71. The van der Waals surface area contributed by atoms with Crippen molar-refractivity contribution in [3.8, 4) is 0 Å². The molecule has 0 saturated carbocycles. The fourth-order valence-electron chi connectivity index (χ4n) is 2.97. The monoisotopic (exact) mass is 351 g/mol. The number of nitrogen functional groups attached to an aromatic ring is 1. The summed E-state index contributed by atoms with van der Waals surface area (Å²) in [5.41, 5.74) is 5.95. The molecule has 0 aliphatic carbocycles. The smallest absolute Gasteiger partial charge is 0.368 e. The number of rotatable bonds is 2. The van der Waals surface area contributed by atoms with Gasteiger partial charge in [-0.25, -0.2) is 9.97 Å². The lowest BCUT2D eigenvalue weighted by Crippen LogP contribution is -2.31. The molecule has 9 heteroatoms. The molecule has 25 heavy (non-hydrogen) atoms. The van der Waals surface area contributed by atoms with Crippen molar-refractivity contribution in [2.75, 3.05) is 12.3 Å². The van der Waals surface area contributed by atoms with Crippen LogP contribution in [0.25, 0.3) is 0 Å². The average molecular weight is 351 g/mol. The highest BCUT2D eigenvalue weighted by Gasteiger charge is 2.34. The standard InChI is InChI=1S/C16H16F3N5O/c1-9-7-11(23-15(20)22-9)14(25)24-6-2-3-12(24)10-4-5-13(21-8-10)16(17,18)19/h4-5,7-8,12H,2-3,6H2,1H3,(H2,20,22,23)/t12-/m1/s1. The van der Waals surface area contributed by atoms with Gasteiger partial charge in [0.25, 0.3) is 5.91 Å². The predicted molar refractivity (Wildman–Crippen MR) is 83.4 cm³/mol. The van der Waals surface area contributed by atoms with Crippen LogP contribution in [0, 0.1) is 6.92 Å². The van der Waals surface area contributed by atoms with Crippen LogP contribution < -0.4 is 5.73 Å². The van der Waals surface area contributed by atoms with E-state index in [2.05, 4.69) is 15.0 Å². The van der Waals surface area contributed by atoms with Crippen molar-refractivity contribution in [3.63, 3.8) is 0 Å². The molecule has 1 amide bonds. The fraction of sp³-hybridized carbons (Fsp3) is 0.375. The molecular formula is C16H16F3N5O. The van der Waals surface area contributed by atoms with Crippen LogP contribution >= 0.6 is 0 Å². The molecule has 1 aliphatic heterocycles. The largest absolute Gasteiger partial charge is 0.433 e. The molecule has 1 aliphatic rings. The quantitative estimate of drug-likeness (QED) is 0.899. The minimum absolute atomic E-state index is 0.00953. The maximum absolute atomic E-state index is 12.7. The Morgan fingerprint density at radius 3 is 2.68 bits per heavy atom. The van der Waals surface area contributed by atoms with Crippen LogP contribution in [-0.4, -0.2) is 32.3 Å². The van der Waals surface area contributed by atoms with Gasteiger partial charge in [0.2, 0.25) is 5.95 Å². The van der Waals surface area contributed by atoms with Crippen LogP contribution in [-0.2, 0) is 6.18 Å². The van der Waals surface area contributed by atoms with E-state index in [1.165, 1.54) is 12.3 Å². The van der Waals surface area contributed by atoms with Gasteiger partial charge in [0.1, 0.15) is 11.4 Å². The summed E-state index contributed by atoms with van der Waals surface area (Å²) in [6.07, 6.45) is -1.91. The number of alkyl halides is 3. The summed E-state index contributed by atoms with van der Waals surface area (Å²) in [5, 5.41) is 0. The third-order valence-corrected chi connectivity index (χ3v) is 4.07. The summed E-state index contributed by atoms with van der Waals surface area (Å²) < 4.78 is 37.9. The summed E-state index contributed by atoms with van der Waals surface area (Å²) in [6, 6.07) is 3.51. The fourth-order valence-corrected chi connectivity index (χ4v) is 2.97. The highest BCUT2D eigenvalue weighted by molar-refractivity contribution is 5.93. The second kappa shape index (κ2) is 6.30. The van der Waals surface area contributed by atoms with Gasteiger partial charge in [-0.1, -0.05) is 6.07 Å². The van der Waals surface area contributed by atoms with E-state index < -0.39 is 11.9 Å².